The first-order valence-electron chi connectivity index (χ1n) is 6.00. The maximum absolute atomic E-state index is 11.1. The van der Waals surface area contributed by atoms with Crippen molar-refractivity contribution < 1.29 is 9.90 Å². The molecule has 0 aromatic heterocycles. The number of aliphatic hydroxyl groups is 1. The molecule has 0 spiro atoms. The average Bonchev–Trinajstić information content (AvgIpc) is 2.10. The molecule has 0 fully saturated rings. The lowest BCUT2D eigenvalue weighted by Crippen LogP contribution is -2.33. The first-order chi connectivity index (χ1) is 7.35. The highest BCUT2D eigenvalue weighted by Gasteiger charge is 2.16. The fourth-order valence-electron chi connectivity index (χ4n) is 1.54. The number of aliphatic hydroxyl groups excluding tert-OH is 1. The predicted molar refractivity (Wildman–Crippen MR) is 66.2 cm³/mol. The van der Waals surface area contributed by atoms with E-state index in [2.05, 4.69) is 31.4 Å². The lowest BCUT2D eigenvalue weighted by molar-refractivity contribution is -0.120. The standard InChI is InChI=1S/C12H26N2O2/c1-5-14-11(16)6-7-13-9-10(15)8-12(2,3)4/h10,13,15H,5-9H2,1-4H3,(H,14,16). The molecule has 0 aromatic rings. The molecular formula is C12H26N2O2. The van der Waals surface area contributed by atoms with E-state index in [9.17, 15) is 9.90 Å². The lowest BCUT2D eigenvalue weighted by atomic mass is 9.89. The van der Waals surface area contributed by atoms with Gasteiger partial charge in [0.15, 0.2) is 0 Å². The van der Waals surface area contributed by atoms with E-state index in [-0.39, 0.29) is 17.4 Å². The van der Waals surface area contributed by atoms with Gasteiger partial charge in [0, 0.05) is 26.1 Å². The summed E-state index contributed by atoms with van der Waals surface area (Å²) < 4.78 is 0. The van der Waals surface area contributed by atoms with Crippen molar-refractivity contribution in [3.05, 3.63) is 0 Å². The van der Waals surface area contributed by atoms with Crippen LogP contribution in [0.1, 0.15) is 40.5 Å². The minimum absolute atomic E-state index is 0.0558. The summed E-state index contributed by atoms with van der Waals surface area (Å²) in [5, 5.41) is 15.5. The van der Waals surface area contributed by atoms with Crippen LogP contribution >= 0.6 is 0 Å². The Morgan fingerprint density at radius 1 is 1.38 bits per heavy atom. The van der Waals surface area contributed by atoms with Crippen LogP contribution in [0.3, 0.4) is 0 Å². The topological polar surface area (TPSA) is 61.4 Å². The van der Waals surface area contributed by atoms with Gasteiger partial charge in [-0.1, -0.05) is 20.8 Å². The molecule has 16 heavy (non-hydrogen) atoms. The van der Waals surface area contributed by atoms with Crippen molar-refractivity contribution in [1.82, 2.24) is 10.6 Å². The molecule has 0 saturated carbocycles. The van der Waals surface area contributed by atoms with E-state index in [4.69, 9.17) is 0 Å². The van der Waals surface area contributed by atoms with Gasteiger partial charge in [0.1, 0.15) is 0 Å². The number of rotatable bonds is 7. The van der Waals surface area contributed by atoms with Crippen molar-refractivity contribution in [2.45, 2.75) is 46.6 Å². The van der Waals surface area contributed by atoms with E-state index >= 15 is 0 Å². The molecule has 0 aliphatic heterocycles. The van der Waals surface area contributed by atoms with Crippen molar-refractivity contribution in [2.75, 3.05) is 19.6 Å². The van der Waals surface area contributed by atoms with Gasteiger partial charge in [-0.15, -0.1) is 0 Å². The number of nitrogens with one attached hydrogen (secondary N) is 2. The Hall–Kier alpha value is -0.610. The van der Waals surface area contributed by atoms with Gasteiger partial charge in [0.2, 0.25) is 5.91 Å². The molecule has 1 atom stereocenters. The maximum Gasteiger partial charge on any atom is 0.221 e. The van der Waals surface area contributed by atoms with Gasteiger partial charge in [0.05, 0.1) is 6.10 Å². The van der Waals surface area contributed by atoms with Crippen LogP contribution in [0.15, 0.2) is 0 Å². The van der Waals surface area contributed by atoms with Crippen LogP contribution in [0.4, 0.5) is 0 Å². The van der Waals surface area contributed by atoms with E-state index in [1.54, 1.807) is 0 Å². The smallest absolute Gasteiger partial charge is 0.221 e. The largest absolute Gasteiger partial charge is 0.392 e. The first kappa shape index (κ1) is 15.4. The normalized spacial score (nSPS) is 13.6. The summed E-state index contributed by atoms with van der Waals surface area (Å²) in [6, 6.07) is 0. The molecule has 1 unspecified atom stereocenters. The highest BCUT2D eigenvalue weighted by Crippen LogP contribution is 2.20. The first-order valence-corrected chi connectivity index (χ1v) is 6.00. The van der Waals surface area contributed by atoms with Crippen molar-refractivity contribution >= 4 is 5.91 Å². The second-order valence-electron chi connectivity index (χ2n) is 5.33. The second kappa shape index (κ2) is 7.63. The van der Waals surface area contributed by atoms with E-state index in [0.29, 0.717) is 26.1 Å². The Morgan fingerprint density at radius 2 is 2.00 bits per heavy atom. The zero-order valence-electron chi connectivity index (χ0n) is 11.0. The predicted octanol–water partition coefficient (Wildman–Crippen LogP) is 0.899. The summed E-state index contributed by atoms with van der Waals surface area (Å²) >= 11 is 0. The van der Waals surface area contributed by atoms with Crippen molar-refractivity contribution in [1.29, 1.82) is 0 Å². The molecule has 0 saturated heterocycles. The Morgan fingerprint density at radius 3 is 2.50 bits per heavy atom. The molecule has 96 valence electrons. The summed E-state index contributed by atoms with van der Waals surface area (Å²) in [7, 11) is 0. The molecule has 0 aliphatic carbocycles. The van der Waals surface area contributed by atoms with Crippen LogP contribution in [0, 0.1) is 5.41 Å². The van der Waals surface area contributed by atoms with E-state index in [0.717, 1.165) is 6.42 Å². The molecule has 0 bridgehead atoms. The third-order valence-electron chi connectivity index (χ3n) is 2.13. The minimum atomic E-state index is -0.339. The molecule has 0 rings (SSSR count). The number of hydrogen-bond donors (Lipinski definition) is 3. The molecule has 4 heteroatoms. The quantitative estimate of drug-likeness (QED) is 0.569. The molecule has 4 nitrogen and oxygen atoms in total. The van der Waals surface area contributed by atoms with Crippen LogP contribution in [0.25, 0.3) is 0 Å². The van der Waals surface area contributed by atoms with Crippen molar-refractivity contribution in [3.8, 4) is 0 Å². The molecular weight excluding hydrogens is 204 g/mol. The summed E-state index contributed by atoms with van der Waals surface area (Å²) in [6.07, 6.45) is 0.895. The average molecular weight is 230 g/mol. The van der Waals surface area contributed by atoms with Crippen molar-refractivity contribution in [2.24, 2.45) is 5.41 Å². The molecule has 0 radical (unpaired) electrons. The number of amides is 1. The van der Waals surface area contributed by atoms with Crippen LogP contribution in [0.5, 0.6) is 0 Å². The number of carbonyl (C=O) groups is 1. The molecule has 0 aliphatic rings. The van der Waals surface area contributed by atoms with Crippen LogP contribution in [-0.2, 0) is 4.79 Å². The Kier molecular flexibility index (Phi) is 7.34. The Labute approximate surface area is 98.8 Å². The van der Waals surface area contributed by atoms with Gasteiger partial charge < -0.3 is 15.7 Å². The van der Waals surface area contributed by atoms with E-state index in [1.165, 1.54) is 0 Å². The fraction of sp³-hybridized carbons (Fsp3) is 0.917. The van der Waals surface area contributed by atoms with Gasteiger partial charge in [0.25, 0.3) is 0 Å². The SMILES string of the molecule is CCNC(=O)CCNCC(O)CC(C)(C)C. The van der Waals surface area contributed by atoms with Crippen LogP contribution in [0.2, 0.25) is 0 Å². The monoisotopic (exact) mass is 230 g/mol. The summed E-state index contributed by atoms with van der Waals surface area (Å²) in [4.78, 5) is 11.1. The van der Waals surface area contributed by atoms with Gasteiger partial charge in [-0.2, -0.15) is 0 Å². The third-order valence-corrected chi connectivity index (χ3v) is 2.13. The molecule has 0 aromatic carbocycles. The molecule has 0 heterocycles. The zero-order valence-corrected chi connectivity index (χ0v) is 11.0. The summed E-state index contributed by atoms with van der Waals surface area (Å²) in [5.41, 5.74) is 0.140. The summed E-state index contributed by atoms with van der Waals surface area (Å²) in [6.45, 7) is 10.0. The molecule has 1 amide bonds. The van der Waals surface area contributed by atoms with Gasteiger partial charge >= 0.3 is 0 Å². The van der Waals surface area contributed by atoms with Crippen LogP contribution in [-0.4, -0.2) is 36.8 Å². The Balaban J connectivity index is 3.48. The maximum atomic E-state index is 11.1. The number of carbonyl (C=O) groups excluding carboxylic acids is 1. The van der Waals surface area contributed by atoms with Gasteiger partial charge in [-0.25, -0.2) is 0 Å². The van der Waals surface area contributed by atoms with Gasteiger partial charge in [-0.3, -0.25) is 4.79 Å². The summed E-state index contributed by atoms with van der Waals surface area (Å²) in [5.74, 6) is 0.0558. The molecule has 3 N–H and O–H groups in total. The van der Waals surface area contributed by atoms with Gasteiger partial charge in [-0.05, 0) is 18.8 Å². The second-order valence-corrected chi connectivity index (χ2v) is 5.33. The highest BCUT2D eigenvalue weighted by atomic mass is 16.3. The van der Waals surface area contributed by atoms with Crippen molar-refractivity contribution in [3.63, 3.8) is 0 Å². The third kappa shape index (κ3) is 9.93. The minimum Gasteiger partial charge on any atom is -0.392 e. The highest BCUT2D eigenvalue weighted by molar-refractivity contribution is 5.75. The van der Waals surface area contributed by atoms with E-state index in [1.807, 2.05) is 6.92 Å². The van der Waals surface area contributed by atoms with Crippen LogP contribution < -0.4 is 10.6 Å². The Bertz CT molecular complexity index is 200. The van der Waals surface area contributed by atoms with E-state index < -0.39 is 0 Å². The fourth-order valence-corrected chi connectivity index (χ4v) is 1.54. The lowest BCUT2D eigenvalue weighted by Gasteiger charge is -2.22. The number of hydrogen-bond acceptors (Lipinski definition) is 3. The zero-order chi connectivity index (χ0) is 12.6.